The van der Waals surface area contributed by atoms with Crippen LogP contribution in [0.25, 0.3) is 16.8 Å². The van der Waals surface area contributed by atoms with Crippen LogP contribution < -0.4 is 20.3 Å². The van der Waals surface area contributed by atoms with E-state index >= 15 is 0 Å². The molecule has 1 aliphatic heterocycles. The molecule has 38 heavy (non-hydrogen) atoms. The second kappa shape index (κ2) is 9.92. The summed E-state index contributed by atoms with van der Waals surface area (Å²) >= 11 is 0. The summed E-state index contributed by atoms with van der Waals surface area (Å²) in [6.45, 7) is 6.31. The number of hydrogen-bond donors (Lipinski definition) is 2. The van der Waals surface area contributed by atoms with Gasteiger partial charge in [-0.25, -0.2) is 14.1 Å². The molecule has 2 N–H and O–H groups in total. The molecule has 5 rings (SSSR count). The Morgan fingerprint density at radius 2 is 1.82 bits per heavy atom. The fourth-order valence-corrected chi connectivity index (χ4v) is 3.97. The van der Waals surface area contributed by atoms with Gasteiger partial charge >= 0.3 is 12.2 Å². The van der Waals surface area contributed by atoms with Gasteiger partial charge < -0.3 is 19.5 Å². The third-order valence-corrected chi connectivity index (χ3v) is 5.70. The molecule has 1 aliphatic rings. The van der Waals surface area contributed by atoms with Crippen LogP contribution in [0.5, 0.6) is 5.75 Å². The zero-order valence-corrected chi connectivity index (χ0v) is 21.5. The average Bonchev–Trinajstić information content (AvgIpc) is 3.48. The summed E-state index contributed by atoms with van der Waals surface area (Å²) < 4.78 is 17.5. The van der Waals surface area contributed by atoms with E-state index in [1.54, 1.807) is 22.6 Å². The molecule has 2 aromatic heterocycles. The minimum absolute atomic E-state index is 0.363. The Bertz CT molecular complexity index is 1490. The van der Waals surface area contributed by atoms with Gasteiger partial charge in [-0.3, -0.25) is 10.2 Å². The van der Waals surface area contributed by atoms with Gasteiger partial charge in [0.1, 0.15) is 18.0 Å². The van der Waals surface area contributed by atoms with Crippen LogP contribution >= 0.6 is 0 Å². The van der Waals surface area contributed by atoms with E-state index in [-0.39, 0.29) is 6.09 Å². The molecule has 1 fully saturated rings. The van der Waals surface area contributed by atoms with Crippen molar-refractivity contribution in [2.24, 2.45) is 0 Å². The molecule has 11 nitrogen and oxygen atoms in total. The predicted octanol–water partition coefficient (Wildman–Crippen LogP) is 5.45. The quantitative estimate of drug-likeness (QED) is 0.347. The molecule has 2 amide bonds. The highest BCUT2D eigenvalue weighted by atomic mass is 16.6. The summed E-state index contributed by atoms with van der Waals surface area (Å²) in [7, 11) is 1.56. The normalized spacial score (nSPS) is 13.4. The predicted molar refractivity (Wildman–Crippen MR) is 143 cm³/mol. The van der Waals surface area contributed by atoms with Crippen molar-refractivity contribution < 1.29 is 23.8 Å². The van der Waals surface area contributed by atoms with Crippen LogP contribution in [0, 0.1) is 0 Å². The Hall–Kier alpha value is -4.80. The van der Waals surface area contributed by atoms with Crippen LogP contribution in [0.3, 0.4) is 0 Å². The lowest BCUT2D eigenvalue weighted by Gasteiger charge is -2.19. The molecule has 0 atom stereocenters. The molecule has 1 saturated heterocycles. The van der Waals surface area contributed by atoms with Crippen LogP contribution in [0.4, 0.5) is 32.6 Å². The molecule has 196 valence electrons. The van der Waals surface area contributed by atoms with Gasteiger partial charge in [0.25, 0.3) is 0 Å². The first-order valence-corrected chi connectivity index (χ1v) is 12.0. The standard InChI is InChI=1S/C27H28N6O5/c1-27(2,3)38-25(34)28-19-8-5-17(6-9-19)18-7-12-23-30-24(31-33(23)16-18)29-21-11-10-20(15-22(21)36-4)32-13-14-37-26(32)35/h5-12,15-16H,13-14H2,1-4H3,(H,28,34)(H,29,31). The number of fused-ring (bicyclic) bond motifs is 1. The van der Waals surface area contributed by atoms with Crippen molar-refractivity contribution in [3.05, 3.63) is 60.8 Å². The van der Waals surface area contributed by atoms with Crippen molar-refractivity contribution in [1.82, 2.24) is 14.6 Å². The highest BCUT2D eigenvalue weighted by molar-refractivity contribution is 5.90. The number of methoxy groups -OCH3 is 1. The van der Waals surface area contributed by atoms with Gasteiger partial charge in [-0.1, -0.05) is 12.1 Å². The summed E-state index contributed by atoms with van der Waals surface area (Å²) in [5.74, 6) is 0.938. The molecule has 0 spiro atoms. The van der Waals surface area contributed by atoms with Gasteiger partial charge in [0.15, 0.2) is 5.65 Å². The van der Waals surface area contributed by atoms with Gasteiger partial charge in [0.05, 0.1) is 25.0 Å². The van der Waals surface area contributed by atoms with E-state index < -0.39 is 11.7 Å². The highest BCUT2D eigenvalue weighted by Gasteiger charge is 2.24. The molecule has 11 heteroatoms. The second-order valence-corrected chi connectivity index (χ2v) is 9.64. The number of hydrogen-bond acceptors (Lipinski definition) is 8. The van der Waals surface area contributed by atoms with Crippen LogP contribution in [0.1, 0.15) is 20.8 Å². The van der Waals surface area contributed by atoms with Gasteiger partial charge in [0, 0.05) is 23.5 Å². The maximum atomic E-state index is 12.0. The van der Waals surface area contributed by atoms with Crippen LogP contribution in [-0.4, -0.2) is 52.6 Å². The van der Waals surface area contributed by atoms with Crippen molar-refractivity contribution in [2.45, 2.75) is 26.4 Å². The summed E-state index contributed by atoms with van der Waals surface area (Å²) in [4.78, 5) is 30.0. The zero-order chi connectivity index (χ0) is 26.9. The average molecular weight is 517 g/mol. The molecule has 0 bridgehead atoms. The minimum atomic E-state index is -0.566. The van der Waals surface area contributed by atoms with E-state index in [0.29, 0.717) is 47.6 Å². The van der Waals surface area contributed by atoms with Crippen molar-refractivity contribution in [1.29, 1.82) is 0 Å². The maximum absolute atomic E-state index is 12.0. The third kappa shape index (κ3) is 5.46. The van der Waals surface area contributed by atoms with E-state index in [9.17, 15) is 9.59 Å². The van der Waals surface area contributed by atoms with Gasteiger partial charge in [-0.2, -0.15) is 4.98 Å². The number of nitrogens with one attached hydrogen (secondary N) is 2. The van der Waals surface area contributed by atoms with Gasteiger partial charge in [0.2, 0.25) is 5.95 Å². The fourth-order valence-electron chi connectivity index (χ4n) is 3.97. The Kier molecular flexibility index (Phi) is 6.50. The van der Waals surface area contributed by atoms with Crippen molar-refractivity contribution in [3.8, 4) is 16.9 Å². The fraction of sp³-hybridized carbons (Fsp3) is 0.259. The highest BCUT2D eigenvalue weighted by Crippen LogP contribution is 2.32. The SMILES string of the molecule is COc1cc(N2CCOC2=O)ccc1Nc1nc2ccc(-c3ccc(NC(=O)OC(C)(C)C)cc3)cn2n1. The summed E-state index contributed by atoms with van der Waals surface area (Å²) in [5.41, 5.74) is 3.96. The summed E-state index contributed by atoms with van der Waals surface area (Å²) in [6.07, 6.45) is 1.00. The Balaban J connectivity index is 1.31. The molecular formula is C27H28N6O5. The molecule has 3 heterocycles. The van der Waals surface area contributed by atoms with Crippen LogP contribution in [0.15, 0.2) is 60.8 Å². The second-order valence-electron chi connectivity index (χ2n) is 9.64. The van der Waals surface area contributed by atoms with Gasteiger partial charge in [-0.15, -0.1) is 5.10 Å². The molecule has 2 aromatic carbocycles. The van der Waals surface area contributed by atoms with Crippen LogP contribution in [0.2, 0.25) is 0 Å². The Morgan fingerprint density at radius 1 is 1.05 bits per heavy atom. The number of cyclic esters (lactones) is 1. The lowest BCUT2D eigenvalue weighted by atomic mass is 10.1. The molecule has 0 unspecified atom stereocenters. The summed E-state index contributed by atoms with van der Waals surface area (Å²) in [5, 5.41) is 10.5. The van der Waals surface area contributed by atoms with Crippen LogP contribution in [-0.2, 0) is 9.47 Å². The number of pyridine rings is 1. The minimum Gasteiger partial charge on any atom is -0.494 e. The molecular weight excluding hydrogens is 488 g/mol. The molecule has 0 aliphatic carbocycles. The monoisotopic (exact) mass is 516 g/mol. The molecule has 0 saturated carbocycles. The van der Waals surface area contributed by atoms with E-state index in [1.165, 1.54) is 0 Å². The van der Waals surface area contributed by atoms with Crippen molar-refractivity contribution >= 4 is 40.8 Å². The Morgan fingerprint density at radius 3 is 2.50 bits per heavy atom. The number of aromatic nitrogens is 3. The first-order valence-electron chi connectivity index (χ1n) is 12.0. The third-order valence-electron chi connectivity index (χ3n) is 5.70. The number of carbonyl (C=O) groups excluding carboxylic acids is 2. The van der Waals surface area contributed by atoms with Gasteiger partial charge in [-0.05, 0) is 62.7 Å². The zero-order valence-electron chi connectivity index (χ0n) is 21.5. The smallest absolute Gasteiger partial charge is 0.414 e. The van der Waals surface area contributed by atoms with E-state index in [0.717, 1.165) is 11.1 Å². The summed E-state index contributed by atoms with van der Waals surface area (Å²) in [6, 6.07) is 16.7. The number of nitrogens with zero attached hydrogens (tertiary/aromatic N) is 4. The van der Waals surface area contributed by atoms with E-state index in [1.807, 2.05) is 75.5 Å². The number of ether oxygens (including phenoxy) is 3. The molecule has 4 aromatic rings. The van der Waals surface area contributed by atoms with E-state index in [2.05, 4.69) is 20.7 Å². The first kappa shape index (κ1) is 24.9. The Labute approximate surface area is 219 Å². The molecule has 0 radical (unpaired) electrons. The van der Waals surface area contributed by atoms with E-state index in [4.69, 9.17) is 14.2 Å². The van der Waals surface area contributed by atoms with Crippen molar-refractivity contribution in [2.75, 3.05) is 35.8 Å². The first-order chi connectivity index (χ1) is 18.2. The largest absolute Gasteiger partial charge is 0.494 e. The lowest BCUT2D eigenvalue weighted by Crippen LogP contribution is -2.27. The number of benzene rings is 2. The number of amides is 2. The number of carbonyl (C=O) groups is 2. The number of anilines is 4. The lowest BCUT2D eigenvalue weighted by molar-refractivity contribution is 0.0636. The number of rotatable bonds is 6. The topological polar surface area (TPSA) is 119 Å². The van der Waals surface area contributed by atoms with Crippen molar-refractivity contribution in [3.63, 3.8) is 0 Å². The maximum Gasteiger partial charge on any atom is 0.414 e.